The second-order valence-electron chi connectivity index (χ2n) is 7.37. The minimum Gasteiger partial charge on any atom is -0.370 e. The third-order valence-electron chi connectivity index (χ3n) is 5.30. The molecule has 1 fully saturated rings. The Kier molecular flexibility index (Phi) is 5.94. The highest BCUT2D eigenvalue weighted by Crippen LogP contribution is 2.24. The van der Waals surface area contributed by atoms with E-state index in [1.807, 2.05) is 32.0 Å². The number of hydrogen-bond donors (Lipinski definition) is 1. The molecule has 0 bridgehead atoms. The average molecular weight is 368 g/mol. The maximum atomic E-state index is 12.5. The lowest BCUT2D eigenvalue weighted by molar-refractivity contribution is -0.117. The van der Waals surface area contributed by atoms with E-state index in [1.165, 1.54) is 15.8 Å². The number of anilines is 2. The van der Waals surface area contributed by atoms with E-state index in [4.69, 9.17) is 0 Å². The second kappa shape index (κ2) is 8.37. The lowest BCUT2D eigenvalue weighted by atomic mass is 9.94. The first-order chi connectivity index (χ1) is 13.0. The van der Waals surface area contributed by atoms with E-state index in [0.29, 0.717) is 13.0 Å². The van der Waals surface area contributed by atoms with Crippen molar-refractivity contribution < 1.29 is 4.79 Å². The van der Waals surface area contributed by atoms with E-state index in [0.717, 1.165) is 37.3 Å². The molecule has 1 N–H and O–H groups in total. The number of hydrogen-bond acceptors (Lipinski definition) is 4. The van der Waals surface area contributed by atoms with Crippen LogP contribution in [0.25, 0.3) is 0 Å². The van der Waals surface area contributed by atoms with Gasteiger partial charge in [0.2, 0.25) is 5.91 Å². The Labute approximate surface area is 160 Å². The zero-order valence-corrected chi connectivity index (χ0v) is 16.4. The SMILES string of the molecule is CCn1ncc(N2CCCC(CC(=O)Nc3ccc(C)c(C)c3)C2)cc1=O. The third kappa shape index (κ3) is 4.76. The molecule has 0 aliphatic carbocycles. The highest BCUT2D eigenvalue weighted by atomic mass is 16.1. The van der Waals surface area contributed by atoms with Gasteiger partial charge in [-0.05, 0) is 62.8 Å². The minimum atomic E-state index is -0.0791. The molecule has 1 aromatic heterocycles. The van der Waals surface area contributed by atoms with E-state index in [2.05, 4.69) is 22.2 Å². The van der Waals surface area contributed by atoms with Gasteiger partial charge in [-0.15, -0.1) is 0 Å². The Hall–Kier alpha value is -2.63. The quantitative estimate of drug-likeness (QED) is 0.880. The average Bonchev–Trinajstić information content (AvgIpc) is 2.65. The van der Waals surface area contributed by atoms with Crippen molar-refractivity contribution in [3.63, 3.8) is 0 Å². The monoisotopic (exact) mass is 368 g/mol. The molecule has 6 nitrogen and oxygen atoms in total. The van der Waals surface area contributed by atoms with Gasteiger partial charge < -0.3 is 10.2 Å². The van der Waals surface area contributed by atoms with Gasteiger partial charge in [-0.2, -0.15) is 5.10 Å². The van der Waals surface area contributed by atoms with Gasteiger partial charge in [0.25, 0.3) is 5.56 Å². The van der Waals surface area contributed by atoms with Crippen molar-refractivity contribution in [3.8, 4) is 0 Å². The molecule has 1 atom stereocenters. The standard InChI is InChI=1S/C21H28N4O2/c1-4-25-21(27)12-19(13-22-25)24-9-5-6-17(14-24)11-20(26)23-18-8-7-15(2)16(3)10-18/h7-8,10,12-13,17H,4-6,9,11,14H2,1-3H3,(H,23,26). The van der Waals surface area contributed by atoms with Crippen LogP contribution in [0.15, 0.2) is 35.3 Å². The molecule has 1 aromatic carbocycles. The van der Waals surface area contributed by atoms with Crippen LogP contribution < -0.4 is 15.8 Å². The van der Waals surface area contributed by atoms with Crippen LogP contribution in [0.2, 0.25) is 0 Å². The molecule has 1 saturated heterocycles. The molecule has 27 heavy (non-hydrogen) atoms. The van der Waals surface area contributed by atoms with Gasteiger partial charge in [-0.25, -0.2) is 4.68 Å². The number of benzene rings is 1. The summed E-state index contributed by atoms with van der Waals surface area (Å²) in [6.07, 6.45) is 4.28. The molecule has 3 rings (SSSR count). The molecular weight excluding hydrogens is 340 g/mol. The third-order valence-corrected chi connectivity index (χ3v) is 5.30. The fourth-order valence-electron chi connectivity index (χ4n) is 3.59. The number of nitrogens with one attached hydrogen (secondary N) is 1. The second-order valence-corrected chi connectivity index (χ2v) is 7.37. The smallest absolute Gasteiger partial charge is 0.268 e. The molecule has 0 saturated carbocycles. The summed E-state index contributed by atoms with van der Waals surface area (Å²) in [6.45, 7) is 8.25. The molecule has 1 aliphatic heterocycles. The summed E-state index contributed by atoms with van der Waals surface area (Å²) in [5.41, 5.74) is 4.01. The van der Waals surface area contributed by atoms with Crippen LogP contribution in [0.3, 0.4) is 0 Å². The van der Waals surface area contributed by atoms with Crippen LogP contribution >= 0.6 is 0 Å². The van der Waals surface area contributed by atoms with Gasteiger partial charge in [0.1, 0.15) is 0 Å². The topological polar surface area (TPSA) is 67.2 Å². The lowest BCUT2D eigenvalue weighted by Crippen LogP contribution is -2.38. The van der Waals surface area contributed by atoms with Crippen LogP contribution in [0, 0.1) is 19.8 Å². The molecule has 2 heterocycles. The molecular formula is C21H28N4O2. The zero-order chi connectivity index (χ0) is 19.4. The van der Waals surface area contributed by atoms with Crippen LogP contribution in [0.5, 0.6) is 0 Å². The maximum absolute atomic E-state index is 12.5. The molecule has 144 valence electrons. The molecule has 1 aliphatic rings. The summed E-state index contributed by atoms with van der Waals surface area (Å²) in [5, 5.41) is 7.23. The highest BCUT2D eigenvalue weighted by Gasteiger charge is 2.23. The number of amides is 1. The Bertz CT molecular complexity index is 875. The van der Waals surface area contributed by atoms with E-state index >= 15 is 0 Å². The summed E-state index contributed by atoms with van der Waals surface area (Å²) in [4.78, 5) is 26.7. The molecule has 6 heteroatoms. The lowest BCUT2D eigenvalue weighted by Gasteiger charge is -2.34. The highest BCUT2D eigenvalue weighted by molar-refractivity contribution is 5.91. The van der Waals surface area contributed by atoms with Crippen LogP contribution in [0.1, 0.15) is 37.3 Å². The van der Waals surface area contributed by atoms with Crippen LogP contribution in [0.4, 0.5) is 11.4 Å². The van der Waals surface area contributed by atoms with Crippen LogP contribution in [-0.2, 0) is 11.3 Å². The minimum absolute atomic E-state index is 0.0460. The predicted molar refractivity (Wildman–Crippen MR) is 108 cm³/mol. The normalized spacial score (nSPS) is 17.0. The number of aryl methyl sites for hydroxylation is 3. The number of carbonyl (C=O) groups is 1. The van der Waals surface area contributed by atoms with Crippen molar-refractivity contribution in [3.05, 3.63) is 51.9 Å². The largest absolute Gasteiger partial charge is 0.370 e. The number of carbonyl (C=O) groups excluding carboxylic acids is 1. The number of aromatic nitrogens is 2. The summed E-state index contributed by atoms with van der Waals surface area (Å²) in [6, 6.07) is 7.63. The summed E-state index contributed by atoms with van der Waals surface area (Å²) >= 11 is 0. The van der Waals surface area contributed by atoms with Gasteiger partial charge in [0, 0.05) is 37.8 Å². The Morgan fingerprint density at radius 3 is 2.78 bits per heavy atom. The fourth-order valence-corrected chi connectivity index (χ4v) is 3.59. The fraction of sp³-hybridized carbons (Fsp3) is 0.476. The molecule has 0 radical (unpaired) electrons. The summed E-state index contributed by atoms with van der Waals surface area (Å²) in [7, 11) is 0. The summed E-state index contributed by atoms with van der Waals surface area (Å²) < 4.78 is 1.45. The Morgan fingerprint density at radius 2 is 2.07 bits per heavy atom. The van der Waals surface area contributed by atoms with Crippen LogP contribution in [-0.4, -0.2) is 28.8 Å². The van der Waals surface area contributed by atoms with Crippen molar-refractivity contribution in [1.82, 2.24) is 9.78 Å². The van der Waals surface area contributed by atoms with E-state index < -0.39 is 0 Å². The van der Waals surface area contributed by atoms with Crippen molar-refractivity contribution in [2.45, 2.75) is 46.6 Å². The first-order valence-corrected chi connectivity index (χ1v) is 9.65. The van der Waals surface area contributed by atoms with Gasteiger partial charge in [-0.3, -0.25) is 9.59 Å². The molecule has 1 unspecified atom stereocenters. The van der Waals surface area contributed by atoms with E-state index in [1.54, 1.807) is 12.3 Å². The molecule has 1 amide bonds. The van der Waals surface area contributed by atoms with Crippen molar-refractivity contribution in [2.75, 3.05) is 23.3 Å². The number of nitrogens with zero attached hydrogens (tertiary/aromatic N) is 3. The number of rotatable bonds is 5. The summed E-state index contributed by atoms with van der Waals surface area (Å²) in [5.74, 6) is 0.323. The maximum Gasteiger partial charge on any atom is 0.268 e. The van der Waals surface area contributed by atoms with Crippen molar-refractivity contribution in [2.24, 2.45) is 5.92 Å². The number of piperidine rings is 1. The van der Waals surface area contributed by atoms with Gasteiger partial charge in [0.15, 0.2) is 0 Å². The Balaban J connectivity index is 1.60. The van der Waals surface area contributed by atoms with Gasteiger partial charge in [0.05, 0.1) is 11.9 Å². The molecule has 0 spiro atoms. The zero-order valence-electron chi connectivity index (χ0n) is 16.4. The van der Waals surface area contributed by atoms with Gasteiger partial charge >= 0.3 is 0 Å². The van der Waals surface area contributed by atoms with Crippen molar-refractivity contribution in [1.29, 1.82) is 0 Å². The van der Waals surface area contributed by atoms with Crippen molar-refractivity contribution >= 4 is 17.3 Å². The first-order valence-electron chi connectivity index (χ1n) is 9.65. The van der Waals surface area contributed by atoms with Gasteiger partial charge in [-0.1, -0.05) is 6.07 Å². The predicted octanol–water partition coefficient (Wildman–Crippen LogP) is 3.13. The van der Waals surface area contributed by atoms with E-state index in [-0.39, 0.29) is 17.4 Å². The Morgan fingerprint density at radius 1 is 1.26 bits per heavy atom. The molecule has 2 aromatic rings. The first kappa shape index (κ1) is 19.1. The van der Waals surface area contributed by atoms with E-state index in [9.17, 15) is 9.59 Å².